The van der Waals surface area contributed by atoms with Gasteiger partial charge in [-0.3, -0.25) is 4.79 Å². The standard InChI is InChI=1S/C17H24F2O2/c1-11(2)13-5-6-14(15(9-13)12(3)4)16(20)7-8-21-10-17(18)19/h5-6,9,11-12,17H,7-8,10H2,1-4H3. The lowest BCUT2D eigenvalue weighted by Gasteiger charge is -2.15. The summed E-state index contributed by atoms with van der Waals surface area (Å²) >= 11 is 0. The number of rotatable bonds is 8. The topological polar surface area (TPSA) is 26.3 Å². The van der Waals surface area contributed by atoms with Gasteiger partial charge in [0.25, 0.3) is 6.43 Å². The number of ketones is 1. The second-order valence-electron chi connectivity index (χ2n) is 5.80. The maximum absolute atomic E-state index is 12.2. The number of carbonyl (C=O) groups is 1. The molecule has 0 radical (unpaired) electrons. The van der Waals surface area contributed by atoms with Gasteiger partial charge in [0.05, 0.1) is 6.61 Å². The van der Waals surface area contributed by atoms with Crippen LogP contribution in [0.5, 0.6) is 0 Å². The number of carbonyl (C=O) groups excluding carboxylic acids is 1. The minimum Gasteiger partial charge on any atom is -0.375 e. The molecule has 0 N–H and O–H groups in total. The molecule has 0 fully saturated rings. The minimum absolute atomic E-state index is 0.0344. The Labute approximate surface area is 125 Å². The highest BCUT2D eigenvalue weighted by Gasteiger charge is 2.15. The highest BCUT2D eigenvalue weighted by Crippen LogP contribution is 2.25. The molecule has 2 nitrogen and oxygen atoms in total. The van der Waals surface area contributed by atoms with Crippen LogP contribution in [-0.2, 0) is 4.74 Å². The van der Waals surface area contributed by atoms with Gasteiger partial charge < -0.3 is 4.74 Å². The van der Waals surface area contributed by atoms with Crippen molar-refractivity contribution in [2.24, 2.45) is 0 Å². The molecule has 0 aliphatic rings. The van der Waals surface area contributed by atoms with Crippen LogP contribution in [0.3, 0.4) is 0 Å². The van der Waals surface area contributed by atoms with Crippen molar-refractivity contribution in [3.8, 4) is 0 Å². The predicted molar refractivity (Wildman–Crippen MR) is 80.4 cm³/mol. The minimum atomic E-state index is -2.49. The summed E-state index contributed by atoms with van der Waals surface area (Å²) in [6.45, 7) is 7.73. The second-order valence-corrected chi connectivity index (χ2v) is 5.80. The van der Waals surface area contributed by atoms with E-state index in [-0.39, 0.29) is 24.7 Å². The van der Waals surface area contributed by atoms with Crippen molar-refractivity contribution in [1.29, 1.82) is 0 Å². The zero-order chi connectivity index (χ0) is 16.0. The molecular weight excluding hydrogens is 274 g/mol. The lowest BCUT2D eigenvalue weighted by Crippen LogP contribution is -2.11. The number of Topliss-reactive ketones (excluding diaryl/α,β-unsaturated/α-hetero) is 1. The van der Waals surface area contributed by atoms with E-state index in [0.717, 1.165) is 5.56 Å². The molecule has 0 spiro atoms. The molecule has 0 aliphatic carbocycles. The fourth-order valence-corrected chi connectivity index (χ4v) is 2.14. The second kappa shape index (κ2) is 8.23. The van der Waals surface area contributed by atoms with Gasteiger partial charge in [0, 0.05) is 12.0 Å². The Morgan fingerprint density at radius 3 is 2.33 bits per heavy atom. The van der Waals surface area contributed by atoms with Crippen molar-refractivity contribution in [3.63, 3.8) is 0 Å². The molecule has 0 heterocycles. The molecule has 1 aromatic rings. The van der Waals surface area contributed by atoms with E-state index >= 15 is 0 Å². The molecule has 21 heavy (non-hydrogen) atoms. The summed E-state index contributed by atoms with van der Waals surface area (Å²) in [5, 5.41) is 0. The number of benzene rings is 1. The van der Waals surface area contributed by atoms with Gasteiger partial charge in [-0.2, -0.15) is 0 Å². The van der Waals surface area contributed by atoms with Crippen molar-refractivity contribution in [2.45, 2.75) is 52.4 Å². The average molecular weight is 298 g/mol. The number of hydrogen-bond acceptors (Lipinski definition) is 2. The predicted octanol–water partition coefficient (Wildman–Crippen LogP) is 4.79. The first kappa shape index (κ1) is 17.8. The van der Waals surface area contributed by atoms with E-state index in [4.69, 9.17) is 4.74 Å². The third kappa shape index (κ3) is 5.54. The van der Waals surface area contributed by atoms with E-state index < -0.39 is 13.0 Å². The van der Waals surface area contributed by atoms with Gasteiger partial charge in [0.15, 0.2) is 5.78 Å². The zero-order valence-corrected chi connectivity index (χ0v) is 13.2. The highest BCUT2D eigenvalue weighted by atomic mass is 19.3. The van der Waals surface area contributed by atoms with E-state index in [1.54, 1.807) is 0 Å². The van der Waals surface area contributed by atoms with Crippen LogP contribution in [0, 0.1) is 0 Å². The van der Waals surface area contributed by atoms with Gasteiger partial charge in [0.2, 0.25) is 0 Å². The smallest absolute Gasteiger partial charge is 0.261 e. The summed E-state index contributed by atoms with van der Waals surface area (Å²) in [6, 6.07) is 5.88. The van der Waals surface area contributed by atoms with Crippen LogP contribution in [0.1, 0.15) is 67.4 Å². The number of halogens is 2. The van der Waals surface area contributed by atoms with E-state index in [0.29, 0.717) is 11.5 Å². The van der Waals surface area contributed by atoms with Crippen LogP contribution in [0.2, 0.25) is 0 Å². The third-order valence-corrected chi connectivity index (χ3v) is 3.38. The summed E-state index contributed by atoms with van der Waals surface area (Å²) < 4.78 is 28.7. The first-order chi connectivity index (χ1) is 9.82. The summed E-state index contributed by atoms with van der Waals surface area (Å²) in [5.74, 6) is 0.592. The Morgan fingerprint density at radius 2 is 1.81 bits per heavy atom. The van der Waals surface area contributed by atoms with Gasteiger partial charge in [-0.15, -0.1) is 0 Å². The van der Waals surface area contributed by atoms with Crippen molar-refractivity contribution in [2.75, 3.05) is 13.2 Å². The molecule has 0 aromatic heterocycles. The van der Waals surface area contributed by atoms with Crippen LogP contribution < -0.4 is 0 Å². The van der Waals surface area contributed by atoms with Crippen molar-refractivity contribution in [3.05, 3.63) is 34.9 Å². The Hall–Kier alpha value is -1.29. The molecule has 118 valence electrons. The summed E-state index contributed by atoms with van der Waals surface area (Å²) in [7, 11) is 0. The molecule has 0 aliphatic heterocycles. The zero-order valence-electron chi connectivity index (χ0n) is 13.2. The fourth-order valence-electron chi connectivity index (χ4n) is 2.14. The SMILES string of the molecule is CC(C)c1ccc(C(=O)CCOCC(F)F)c(C(C)C)c1. The molecule has 0 amide bonds. The number of hydrogen-bond donors (Lipinski definition) is 0. The first-order valence-corrected chi connectivity index (χ1v) is 7.35. The maximum Gasteiger partial charge on any atom is 0.261 e. The van der Waals surface area contributed by atoms with E-state index in [1.165, 1.54) is 5.56 Å². The molecule has 0 bridgehead atoms. The fraction of sp³-hybridized carbons (Fsp3) is 0.588. The van der Waals surface area contributed by atoms with Crippen LogP contribution in [0.4, 0.5) is 8.78 Å². The van der Waals surface area contributed by atoms with Crippen molar-refractivity contribution in [1.82, 2.24) is 0 Å². The third-order valence-electron chi connectivity index (χ3n) is 3.38. The van der Waals surface area contributed by atoms with Gasteiger partial charge in [-0.25, -0.2) is 8.78 Å². The highest BCUT2D eigenvalue weighted by molar-refractivity contribution is 5.97. The van der Waals surface area contributed by atoms with Crippen molar-refractivity contribution >= 4 is 5.78 Å². The molecule has 0 saturated heterocycles. The van der Waals surface area contributed by atoms with Gasteiger partial charge in [-0.05, 0) is 23.0 Å². The molecule has 0 unspecified atom stereocenters. The number of alkyl halides is 2. The van der Waals surface area contributed by atoms with Gasteiger partial charge in [-0.1, -0.05) is 45.9 Å². The molecule has 1 aromatic carbocycles. The molecule has 1 rings (SSSR count). The quantitative estimate of drug-likeness (QED) is 0.509. The normalized spacial score (nSPS) is 11.7. The Bertz CT molecular complexity index is 468. The summed E-state index contributed by atoms with van der Waals surface area (Å²) in [5.41, 5.74) is 2.89. The van der Waals surface area contributed by atoms with Crippen LogP contribution in [0.15, 0.2) is 18.2 Å². The Morgan fingerprint density at radius 1 is 1.14 bits per heavy atom. The molecule has 0 saturated carbocycles. The Balaban J connectivity index is 2.79. The van der Waals surface area contributed by atoms with Crippen LogP contribution in [0.25, 0.3) is 0 Å². The first-order valence-electron chi connectivity index (χ1n) is 7.35. The Kier molecular flexibility index (Phi) is 6.96. The van der Waals surface area contributed by atoms with Gasteiger partial charge >= 0.3 is 0 Å². The molecular formula is C17H24F2O2. The monoisotopic (exact) mass is 298 g/mol. The number of ether oxygens (including phenoxy) is 1. The van der Waals surface area contributed by atoms with Gasteiger partial charge in [0.1, 0.15) is 6.61 Å². The molecule has 0 atom stereocenters. The average Bonchev–Trinajstić information content (AvgIpc) is 2.42. The van der Waals surface area contributed by atoms with Crippen LogP contribution >= 0.6 is 0 Å². The lowest BCUT2D eigenvalue weighted by molar-refractivity contribution is 0.0169. The van der Waals surface area contributed by atoms with E-state index in [1.807, 2.05) is 26.0 Å². The van der Waals surface area contributed by atoms with Crippen LogP contribution in [-0.4, -0.2) is 25.4 Å². The van der Waals surface area contributed by atoms with E-state index in [9.17, 15) is 13.6 Å². The summed E-state index contributed by atoms with van der Waals surface area (Å²) in [6.07, 6.45) is -2.36. The van der Waals surface area contributed by atoms with Crippen molar-refractivity contribution < 1.29 is 18.3 Å². The van der Waals surface area contributed by atoms with E-state index in [2.05, 4.69) is 19.9 Å². The molecule has 4 heteroatoms. The largest absolute Gasteiger partial charge is 0.375 e. The lowest BCUT2D eigenvalue weighted by atomic mass is 9.89. The summed E-state index contributed by atoms with van der Waals surface area (Å²) in [4.78, 5) is 12.2. The maximum atomic E-state index is 12.2.